The van der Waals surface area contributed by atoms with Crippen LogP contribution in [0.2, 0.25) is 5.02 Å². The Balaban J connectivity index is 1.76. The summed E-state index contributed by atoms with van der Waals surface area (Å²) in [5.74, 6) is -0.863. The summed E-state index contributed by atoms with van der Waals surface area (Å²) in [6.07, 6.45) is 0.257. The lowest BCUT2D eigenvalue weighted by atomic mass is 10.0. The summed E-state index contributed by atoms with van der Waals surface area (Å²) in [7, 11) is -2.64. The molecule has 0 fully saturated rings. The third-order valence-corrected chi connectivity index (χ3v) is 8.76. The van der Waals surface area contributed by atoms with Crippen molar-refractivity contribution in [1.29, 1.82) is 0 Å². The van der Waals surface area contributed by atoms with Crippen LogP contribution in [0, 0.1) is 6.92 Å². The van der Waals surface area contributed by atoms with E-state index in [4.69, 9.17) is 11.6 Å². The van der Waals surface area contributed by atoms with Crippen molar-refractivity contribution in [2.45, 2.75) is 30.8 Å². The molecule has 4 aromatic carbocycles. The SMILES string of the molecule is CNC(=O)C(Cc1ccccc1)N(Cc1ccc(C)cc1)C(=O)CN(c1ccccc1)S(=O)(=O)c1ccc(Cl)cc1. The van der Waals surface area contributed by atoms with Crippen LogP contribution < -0.4 is 9.62 Å². The molecule has 1 atom stereocenters. The zero-order valence-electron chi connectivity index (χ0n) is 22.9. The summed E-state index contributed by atoms with van der Waals surface area (Å²) in [6, 6.07) is 30.4. The first-order chi connectivity index (χ1) is 19.7. The van der Waals surface area contributed by atoms with Gasteiger partial charge in [0.2, 0.25) is 11.8 Å². The quantitative estimate of drug-likeness (QED) is 0.260. The van der Waals surface area contributed by atoms with Crippen LogP contribution in [0.25, 0.3) is 0 Å². The number of sulfonamides is 1. The van der Waals surface area contributed by atoms with Crippen LogP contribution in [0.15, 0.2) is 114 Å². The molecule has 2 amide bonds. The number of carbonyl (C=O) groups excluding carboxylic acids is 2. The number of hydrogen-bond acceptors (Lipinski definition) is 4. The average Bonchev–Trinajstić information content (AvgIpc) is 2.99. The van der Waals surface area contributed by atoms with Crippen molar-refractivity contribution in [3.8, 4) is 0 Å². The fourth-order valence-corrected chi connectivity index (χ4v) is 6.01. The molecule has 9 heteroatoms. The molecule has 212 valence electrons. The molecule has 1 unspecified atom stereocenters. The topological polar surface area (TPSA) is 86.8 Å². The monoisotopic (exact) mass is 589 g/mol. The minimum absolute atomic E-state index is 0.00391. The van der Waals surface area contributed by atoms with Crippen molar-refractivity contribution < 1.29 is 18.0 Å². The second-order valence-corrected chi connectivity index (χ2v) is 11.9. The first-order valence-electron chi connectivity index (χ1n) is 13.1. The van der Waals surface area contributed by atoms with Crippen molar-refractivity contribution in [3.05, 3.63) is 131 Å². The van der Waals surface area contributed by atoms with Crippen LogP contribution in [0.1, 0.15) is 16.7 Å². The van der Waals surface area contributed by atoms with Gasteiger partial charge in [-0.05, 0) is 54.4 Å². The van der Waals surface area contributed by atoms with Crippen molar-refractivity contribution in [2.75, 3.05) is 17.9 Å². The highest BCUT2D eigenvalue weighted by atomic mass is 35.5. The maximum atomic E-state index is 14.2. The summed E-state index contributed by atoms with van der Waals surface area (Å²) >= 11 is 6.01. The van der Waals surface area contributed by atoms with Gasteiger partial charge in [-0.1, -0.05) is 90.0 Å². The standard InChI is InChI=1S/C32H32ClN3O4S/c1-24-13-15-26(16-14-24)22-35(30(32(38)34-2)21-25-9-5-3-6-10-25)31(37)23-36(28-11-7-4-8-12-28)41(39,40)29-19-17-27(33)18-20-29/h3-20,30H,21-23H2,1-2H3,(H,34,38). The first-order valence-corrected chi connectivity index (χ1v) is 14.9. The lowest BCUT2D eigenvalue weighted by Crippen LogP contribution is -2.53. The molecule has 0 saturated carbocycles. The minimum Gasteiger partial charge on any atom is -0.357 e. The number of nitrogens with one attached hydrogen (secondary N) is 1. The lowest BCUT2D eigenvalue weighted by molar-refractivity contribution is -0.139. The Bertz CT molecular complexity index is 1560. The van der Waals surface area contributed by atoms with Gasteiger partial charge in [0.1, 0.15) is 12.6 Å². The van der Waals surface area contributed by atoms with Crippen LogP contribution in [0.4, 0.5) is 5.69 Å². The Morgan fingerprint density at radius 1 is 0.805 bits per heavy atom. The van der Waals surface area contributed by atoms with Gasteiger partial charge in [-0.15, -0.1) is 0 Å². The average molecular weight is 590 g/mol. The van der Waals surface area contributed by atoms with E-state index in [0.29, 0.717) is 10.7 Å². The Hall–Kier alpha value is -4.14. The van der Waals surface area contributed by atoms with E-state index in [1.54, 1.807) is 30.3 Å². The molecule has 7 nitrogen and oxygen atoms in total. The maximum Gasteiger partial charge on any atom is 0.264 e. The van der Waals surface area contributed by atoms with Gasteiger partial charge in [-0.2, -0.15) is 0 Å². The van der Waals surface area contributed by atoms with E-state index in [2.05, 4.69) is 5.32 Å². The second kappa shape index (κ2) is 13.5. The van der Waals surface area contributed by atoms with E-state index in [9.17, 15) is 18.0 Å². The normalized spacial score (nSPS) is 11.9. The molecule has 0 aromatic heterocycles. The largest absolute Gasteiger partial charge is 0.357 e. The molecule has 0 aliphatic rings. The third kappa shape index (κ3) is 7.54. The van der Waals surface area contributed by atoms with E-state index in [1.807, 2.05) is 61.5 Å². The number of nitrogens with zero attached hydrogens (tertiary/aromatic N) is 2. The highest BCUT2D eigenvalue weighted by Gasteiger charge is 2.34. The highest BCUT2D eigenvalue weighted by Crippen LogP contribution is 2.26. The summed E-state index contributed by atoms with van der Waals surface area (Å²) in [5, 5.41) is 3.08. The number of carbonyl (C=O) groups is 2. The number of anilines is 1. The van der Waals surface area contributed by atoms with Crippen molar-refractivity contribution in [3.63, 3.8) is 0 Å². The van der Waals surface area contributed by atoms with E-state index < -0.39 is 28.5 Å². The molecule has 1 N–H and O–H groups in total. The number of halogens is 1. The van der Waals surface area contributed by atoms with E-state index in [-0.39, 0.29) is 23.8 Å². The molecule has 41 heavy (non-hydrogen) atoms. The molecule has 0 heterocycles. The van der Waals surface area contributed by atoms with Gasteiger partial charge < -0.3 is 10.2 Å². The van der Waals surface area contributed by atoms with Crippen molar-refractivity contribution in [1.82, 2.24) is 10.2 Å². The van der Waals surface area contributed by atoms with Crippen molar-refractivity contribution >= 4 is 39.1 Å². The third-order valence-electron chi connectivity index (χ3n) is 6.72. The fourth-order valence-electron chi connectivity index (χ4n) is 4.47. The Morgan fingerprint density at radius 2 is 1.39 bits per heavy atom. The Morgan fingerprint density at radius 3 is 1.98 bits per heavy atom. The molecule has 0 spiro atoms. The molecule has 0 radical (unpaired) electrons. The predicted molar refractivity (Wildman–Crippen MR) is 162 cm³/mol. The van der Waals surface area contributed by atoms with Crippen LogP contribution in [-0.2, 0) is 32.6 Å². The Labute approximate surface area is 246 Å². The zero-order chi connectivity index (χ0) is 29.4. The number of rotatable bonds is 11. The maximum absolute atomic E-state index is 14.2. The summed E-state index contributed by atoms with van der Waals surface area (Å²) < 4.78 is 28.8. The van der Waals surface area contributed by atoms with Gasteiger partial charge in [-0.3, -0.25) is 13.9 Å². The molecular weight excluding hydrogens is 558 g/mol. The van der Waals surface area contributed by atoms with Crippen LogP contribution in [-0.4, -0.2) is 44.8 Å². The van der Waals surface area contributed by atoms with Gasteiger partial charge in [0.25, 0.3) is 10.0 Å². The summed E-state index contributed by atoms with van der Waals surface area (Å²) in [4.78, 5) is 28.9. The molecule has 4 aromatic rings. The molecular formula is C32H32ClN3O4S. The molecule has 0 aliphatic heterocycles. The minimum atomic E-state index is -4.16. The van der Waals surface area contributed by atoms with Gasteiger partial charge in [0.05, 0.1) is 10.6 Å². The number of amides is 2. The number of benzene rings is 4. The van der Waals surface area contributed by atoms with Gasteiger partial charge in [-0.25, -0.2) is 8.42 Å². The zero-order valence-corrected chi connectivity index (χ0v) is 24.5. The number of likely N-dealkylation sites (N-methyl/N-ethyl adjacent to an activating group) is 1. The van der Waals surface area contributed by atoms with Gasteiger partial charge in [0, 0.05) is 25.0 Å². The van der Waals surface area contributed by atoms with E-state index in [0.717, 1.165) is 21.0 Å². The van der Waals surface area contributed by atoms with Gasteiger partial charge in [0.15, 0.2) is 0 Å². The second-order valence-electron chi connectivity index (χ2n) is 9.63. The van der Waals surface area contributed by atoms with E-state index in [1.165, 1.54) is 36.2 Å². The fraction of sp³-hybridized carbons (Fsp3) is 0.188. The lowest BCUT2D eigenvalue weighted by Gasteiger charge is -2.33. The summed E-state index contributed by atoms with van der Waals surface area (Å²) in [5.41, 5.74) is 3.07. The van der Waals surface area contributed by atoms with Crippen molar-refractivity contribution in [2.24, 2.45) is 0 Å². The molecule has 0 aliphatic carbocycles. The van der Waals surface area contributed by atoms with Crippen LogP contribution >= 0.6 is 11.6 Å². The predicted octanol–water partition coefficient (Wildman–Crippen LogP) is 5.23. The van der Waals surface area contributed by atoms with Crippen LogP contribution in [0.3, 0.4) is 0 Å². The Kier molecular flexibility index (Phi) is 9.81. The first kappa shape index (κ1) is 29.8. The molecule has 4 rings (SSSR count). The number of hydrogen-bond donors (Lipinski definition) is 1. The summed E-state index contributed by atoms with van der Waals surface area (Å²) in [6.45, 7) is 1.57. The van der Waals surface area contributed by atoms with Crippen LogP contribution in [0.5, 0.6) is 0 Å². The smallest absolute Gasteiger partial charge is 0.264 e. The highest BCUT2D eigenvalue weighted by molar-refractivity contribution is 7.92. The molecule has 0 bridgehead atoms. The van der Waals surface area contributed by atoms with Gasteiger partial charge >= 0.3 is 0 Å². The number of para-hydroxylation sites is 1. The molecule has 0 saturated heterocycles. The van der Waals surface area contributed by atoms with E-state index >= 15 is 0 Å². The number of aryl methyl sites for hydroxylation is 1.